The van der Waals surface area contributed by atoms with Gasteiger partial charge in [0.15, 0.2) is 5.65 Å². The number of morpholine rings is 1. The summed E-state index contributed by atoms with van der Waals surface area (Å²) in [5, 5.41) is 8.53. The molecule has 4 aromatic rings. The van der Waals surface area contributed by atoms with E-state index in [-0.39, 0.29) is 18.5 Å². The number of amides is 1. The predicted octanol–water partition coefficient (Wildman–Crippen LogP) is 3.09. The zero-order valence-electron chi connectivity index (χ0n) is 16.6. The van der Waals surface area contributed by atoms with E-state index in [1.165, 1.54) is 22.9 Å². The Hall–Kier alpha value is -3.73. The van der Waals surface area contributed by atoms with E-state index in [0.717, 1.165) is 12.1 Å². The number of benzene rings is 2. The van der Waals surface area contributed by atoms with Gasteiger partial charge in [-0.3, -0.25) is 9.20 Å². The van der Waals surface area contributed by atoms with Crippen LogP contribution in [0.4, 0.5) is 19.1 Å². The molecule has 0 aliphatic carbocycles. The Morgan fingerprint density at radius 1 is 1.16 bits per heavy atom. The molecule has 11 heteroatoms. The van der Waals surface area contributed by atoms with E-state index in [1.807, 2.05) is 0 Å². The van der Waals surface area contributed by atoms with Gasteiger partial charge in [-0.05, 0) is 35.9 Å². The summed E-state index contributed by atoms with van der Waals surface area (Å²) in [7, 11) is 0. The van der Waals surface area contributed by atoms with Crippen LogP contribution in [0.3, 0.4) is 0 Å². The third kappa shape index (κ3) is 3.40. The zero-order chi connectivity index (χ0) is 22.5. The Bertz CT molecular complexity index is 1320. The molecule has 1 unspecified atom stereocenters. The standard InChI is InChI=1S/C21H17F3N6O2/c22-21(23,24)14-4-1-12(2-5-14)17-10-32-8-7-29(17)19(31)13-3-6-16-15(9-13)18-28-26-11-30(18)20(25)27-16/h1-6,9,11,17H,7-8,10H2,(H2,25,27). The molecule has 32 heavy (non-hydrogen) atoms. The van der Waals surface area contributed by atoms with E-state index in [2.05, 4.69) is 15.2 Å². The molecule has 3 heterocycles. The molecule has 1 fully saturated rings. The normalized spacial score (nSPS) is 17.2. The highest BCUT2D eigenvalue weighted by Crippen LogP contribution is 2.32. The number of nitrogens with zero attached hydrogens (tertiary/aromatic N) is 5. The van der Waals surface area contributed by atoms with Crippen LogP contribution in [0.15, 0.2) is 48.8 Å². The highest BCUT2D eigenvalue weighted by Gasteiger charge is 2.33. The van der Waals surface area contributed by atoms with E-state index in [0.29, 0.717) is 40.8 Å². The van der Waals surface area contributed by atoms with Crippen LogP contribution < -0.4 is 5.73 Å². The number of halogens is 3. The molecule has 1 amide bonds. The van der Waals surface area contributed by atoms with Crippen molar-refractivity contribution in [3.8, 4) is 0 Å². The molecule has 2 aromatic carbocycles. The van der Waals surface area contributed by atoms with Gasteiger partial charge >= 0.3 is 6.18 Å². The fraction of sp³-hybridized carbons (Fsp3) is 0.238. The summed E-state index contributed by atoms with van der Waals surface area (Å²) < 4.78 is 45.8. The fourth-order valence-electron chi connectivity index (χ4n) is 3.89. The van der Waals surface area contributed by atoms with Gasteiger partial charge in [-0.25, -0.2) is 4.98 Å². The van der Waals surface area contributed by atoms with Gasteiger partial charge in [-0.2, -0.15) is 13.2 Å². The number of carbonyl (C=O) groups excluding carboxylic acids is 1. The van der Waals surface area contributed by atoms with Crippen molar-refractivity contribution in [2.45, 2.75) is 12.2 Å². The first kappa shape index (κ1) is 20.2. The lowest BCUT2D eigenvalue weighted by Crippen LogP contribution is -2.43. The third-order valence-corrected chi connectivity index (χ3v) is 5.53. The van der Waals surface area contributed by atoms with Crippen molar-refractivity contribution in [1.29, 1.82) is 0 Å². The zero-order valence-corrected chi connectivity index (χ0v) is 16.6. The van der Waals surface area contributed by atoms with Crippen molar-refractivity contribution in [2.75, 3.05) is 25.5 Å². The molecule has 8 nitrogen and oxygen atoms in total. The molecule has 1 aliphatic rings. The number of carbonyl (C=O) groups is 1. The Labute approximate surface area is 179 Å². The molecular formula is C21H17F3N6O2. The second-order valence-corrected chi connectivity index (χ2v) is 7.44. The van der Waals surface area contributed by atoms with Gasteiger partial charge in [-0.1, -0.05) is 12.1 Å². The molecule has 5 rings (SSSR count). The number of ether oxygens (including phenoxy) is 1. The van der Waals surface area contributed by atoms with E-state index in [9.17, 15) is 18.0 Å². The maximum Gasteiger partial charge on any atom is 0.416 e. The van der Waals surface area contributed by atoms with Crippen LogP contribution in [-0.2, 0) is 10.9 Å². The summed E-state index contributed by atoms with van der Waals surface area (Å²) in [5.41, 5.74) is 7.18. The molecule has 0 radical (unpaired) electrons. The fourth-order valence-corrected chi connectivity index (χ4v) is 3.89. The summed E-state index contributed by atoms with van der Waals surface area (Å²) >= 11 is 0. The van der Waals surface area contributed by atoms with Crippen LogP contribution >= 0.6 is 0 Å². The van der Waals surface area contributed by atoms with Crippen molar-refractivity contribution in [1.82, 2.24) is 24.5 Å². The lowest BCUT2D eigenvalue weighted by Gasteiger charge is -2.36. The molecule has 1 saturated heterocycles. The maximum atomic E-state index is 13.4. The average Bonchev–Trinajstić information content (AvgIpc) is 3.29. The van der Waals surface area contributed by atoms with Crippen molar-refractivity contribution in [3.05, 3.63) is 65.5 Å². The minimum absolute atomic E-state index is 0.192. The van der Waals surface area contributed by atoms with Crippen molar-refractivity contribution in [3.63, 3.8) is 0 Å². The van der Waals surface area contributed by atoms with Crippen LogP contribution in [0.2, 0.25) is 0 Å². The second-order valence-electron chi connectivity index (χ2n) is 7.44. The van der Waals surface area contributed by atoms with Crippen LogP contribution in [0, 0.1) is 0 Å². The molecule has 1 atom stereocenters. The summed E-state index contributed by atoms with van der Waals surface area (Å²) in [4.78, 5) is 19.3. The summed E-state index contributed by atoms with van der Waals surface area (Å²) in [6.45, 7) is 0.836. The van der Waals surface area contributed by atoms with Gasteiger partial charge in [0.05, 0.1) is 30.3 Å². The minimum Gasteiger partial charge on any atom is -0.377 e. The highest BCUT2D eigenvalue weighted by molar-refractivity contribution is 6.01. The van der Waals surface area contributed by atoms with Gasteiger partial charge in [0, 0.05) is 17.5 Å². The van der Waals surface area contributed by atoms with Gasteiger partial charge in [-0.15, -0.1) is 10.2 Å². The molecule has 1 aliphatic heterocycles. The Morgan fingerprint density at radius 3 is 2.69 bits per heavy atom. The second kappa shape index (κ2) is 7.45. The molecule has 0 saturated carbocycles. The minimum atomic E-state index is -4.42. The quantitative estimate of drug-likeness (QED) is 0.512. The number of anilines is 1. The lowest BCUT2D eigenvalue weighted by molar-refractivity contribution is -0.137. The average molecular weight is 442 g/mol. The highest BCUT2D eigenvalue weighted by atomic mass is 19.4. The van der Waals surface area contributed by atoms with Crippen molar-refractivity contribution < 1.29 is 22.7 Å². The van der Waals surface area contributed by atoms with E-state index in [4.69, 9.17) is 10.5 Å². The molecule has 0 bridgehead atoms. The first-order valence-electron chi connectivity index (χ1n) is 9.78. The number of alkyl halides is 3. The van der Waals surface area contributed by atoms with Gasteiger partial charge in [0.1, 0.15) is 6.33 Å². The van der Waals surface area contributed by atoms with E-state index < -0.39 is 17.8 Å². The van der Waals surface area contributed by atoms with E-state index in [1.54, 1.807) is 23.1 Å². The predicted molar refractivity (Wildman–Crippen MR) is 109 cm³/mol. The van der Waals surface area contributed by atoms with Crippen LogP contribution in [0.25, 0.3) is 16.6 Å². The summed E-state index contributed by atoms with van der Waals surface area (Å²) in [6.07, 6.45) is -2.99. The number of hydrogen-bond donors (Lipinski definition) is 1. The molecule has 0 spiro atoms. The Morgan fingerprint density at radius 2 is 1.94 bits per heavy atom. The molecule has 164 valence electrons. The van der Waals surface area contributed by atoms with Gasteiger partial charge in [0.25, 0.3) is 5.91 Å². The summed E-state index contributed by atoms with van der Waals surface area (Å²) in [6, 6.07) is 9.29. The van der Waals surface area contributed by atoms with Crippen LogP contribution in [0.5, 0.6) is 0 Å². The van der Waals surface area contributed by atoms with Gasteiger partial charge in [0.2, 0.25) is 5.95 Å². The molecule has 2 N–H and O–H groups in total. The monoisotopic (exact) mass is 442 g/mol. The number of nitrogen functional groups attached to an aromatic ring is 1. The van der Waals surface area contributed by atoms with Crippen molar-refractivity contribution in [2.24, 2.45) is 0 Å². The SMILES string of the molecule is Nc1nc2ccc(C(=O)N3CCOCC3c3ccc(C(F)(F)F)cc3)cc2c2nncn12. The van der Waals surface area contributed by atoms with Crippen LogP contribution in [0.1, 0.15) is 27.5 Å². The smallest absolute Gasteiger partial charge is 0.377 e. The Kier molecular flexibility index (Phi) is 4.70. The van der Waals surface area contributed by atoms with Crippen LogP contribution in [-0.4, -0.2) is 50.1 Å². The largest absolute Gasteiger partial charge is 0.416 e. The first-order chi connectivity index (χ1) is 15.3. The first-order valence-corrected chi connectivity index (χ1v) is 9.78. The topological polar surface area (TPSA) is 98.6 Å². The van der Waals surface area contributed by atoms with Crippen molar-refractivity contribution >= 4 is 28.4 Å². The number of aromatic nitrogens is 4. The van der Waals surface area contributed by atoms with E-state index >= 15 is 0 Å². The van der Waals surface area contributed by atoms with Gasteiger partial charge < -0.3 is 15.4 Å². The summed E-state index contributed by atoms with van der Waals surface area (Å²) in [5.74, 6) is -0.0401. The Balaban J connectivity index is 1.50. The number of hydrogen-bond acceptors (Lipinski definition) is 6. The number of nitrogens with two attached hydrogens (primary N) is 1. The molecule has 2 aromatic heterocycles. The lowest BCUT2D eigenvalue weighted by atomic mass is 10.0. The third-order valence-electron chi connectivity index (χ3n) is 5.53. The molecular weight excluding hydrogens is 425 g/mol. The number of rotatable bonds is 2. The maximum absolute atomic E-state index is 13.4. The number of fused-ring (bicyclic) bond motifs is 3.